The molecule has 2 rings (SSSR count). The summed E-state index contributed by atoms with van der Waals surface area (Å²) in [6, 6.07) is 0. The van der Waals surface area contributed by atoms with Crippen LogP contribution in [0.15, 0.2) is 0 Å². The van der Waals surface area contributed by atoms with E-state index in [1.807, 2.05) is 0 Å². The molecule has 100 valence electrons. The number of rotatable bonds is 4. The maximum Gasteiger partial charge on any atom is 0.158 e. The molecule has 0 aromatic rings. The van der Waals surface area contributed by atoms with Crippen LogP contribution in [0.25, 0.3) is 0 Å². The Morgan fingerprint density at radius 2 is 1.88 bits per heavy atom. The topological polar surface area (TPSA) is 38.7 Å². The largest absolute Gasteiger partial charge is 0.396 e. The molecule has 0 radical (unpaired) electrons. The van der Waals surface area contributed by atoms with E-state index in [9.17, 15) is 0 Å². The van der Waals surface area contributed by atoms with Gasteiger partial charge in [0.05, 0.1) is 12.2 Å². The Bertz CT molecular complexity index is 240. The maximum absolute atomic E-state index is 8.72. The molecule has 3 heteroatoms. The lowest BCUT2D eigenvalue weighted by Crippen LogP contribution is -2.37. The molecule has 1 saturated carbocycles. The molecule has 3 nitrogen and oxygen atoms in total. The van der Waals surface area contributed by atoms with Crippen molar-refractivity contribution in [1.29, 1.82) is 0 Å². The van der Waals surface area contributed by atoms with Crippen molar-refractivity contribution in [1.82, 2.24) is 0 Å². The van der Waals surface area contributed by atoms with Gasteiger partial charge < -0.3 is 14.6 Å². The van der Waals surface area contributed by atoms with Gasteiger partial charge in [0.15, 0.2) is 6.29 Å². The molecule has 1 saturated heterocycles. The van der Waals surface area contributed by atoms with Crippen molar-refractivity contribution in [3.05, 3.63) is 0 Å². The van der Waals surface area contributed by atoms with Crippen LogP contribution in [0.1, 0.15) is 58.8 Å². The molecule has 2 fully saturated rings. The number of aliphatic hydroxyl groups excluding tert-OH is 1. The fourth-order valence-electron chi connectivity index (χ4n) is 2.92. The number of hydrogen-bond acceptors (Lipinski definition) is 3. The Hall–Kier alpha value is -0.120. The first-order chi connectivity index (χ1) is 8.05. The van der Waals surface area contributed by atoms with E-state index < -0.39 is 0 Å². The molecule has 0 amide bonds. The highest BCUT2D eigenvalue weighted by Crippen LogP contribution is 2.47. The smallest absolute Gasteiger partial charge is 0.158 e. The summed E-state index contributed by atoms with van der Waals surface area (Å²) in [7, 11) is 0. The van der Waals surface area contributed by atoms with Gasteiger partial charge in [-0.3, -0.25) is 0 Å². The monoisotopic (exact) mass is 242 g/mol. The van der Waals surface area contributed by atoms with Gasteiger partial charge in [0.25, 0.3) is 0 Å². The Morgan fingerprint density at radius 1 is 1.18 bits per heavy atom. The average molecular weight is 242 g/mol. The van der Waals surface area contributed by atoms with Crippen molar-refractivity contribution in [3.63, 3.8) is 0 Å². The van der Waals surface area contributed by atoms with Crippen molar-refractivity contribution in [3.8, 4) is 0 Å². The molecule has 1 aliphatic carbocycles. The van der Waals surface area contributed by atoms with Gasteiger partial charge in [-0.25, -0.2) is 0 Å². The molecule has 1 N–H and O–H groups in total. The van der Waals surface area contributed by atoms with Gasteiger partial charge in [-0.15, -0.1) is 0 Å². The lowest BCUT2D eigenvalue weighted by Gasteiger charge is -2.40. The molecule has 2 aliphatic rings. The summed E-state index contributed by atoms with van der Waals surface area (Å²) < 4.78 is 11.8. The molecule has 0 bridgehead atoms. The summed E-state index contributed by atoms with van der Waals surface area (Å²) >= 11 is 0. The minimum atomic E-state index is -0.0252. The average Bonchev–Trinajstić information content (AvgIpc) is 2.68. The summed E-state index contributed by atoms with van der Waals surface area (Å²) in [4.78, 5) is 0. The number of aliphatic hydroxyl groups is 1. The van der Waals surface area contributed by atoms with E-state index in [0.717, 1.165) is 12.8 Å². The molecular formula is C14H26O3. The third kappa shape index (κ3) is 3.43. The molecule has 1 unspecified atom stereocenters. The number of ether oxygens (including phenoxy) is 2. The molecule has 1 aliphatic heterocycles. The van der Waals surface area contributed by atoms with E-state index in [2.05, 4.69) is 13.8 Å². The van der Waals surface area contributed by atoms with E-state index in [-0.39, 0.29) is 18.5 Å². The van der Waals surface area contributed by atoms with Crippen LogP contribution in [0.2, 0.25) is 0 Å². The van der Waals surface area contributed by atoms with Gasteiger partial charge in [0.1, 0.15) is 0 Å². The highest BCUT2D eigenvalue weighted by atomic mass is 16.7. The normalized spacial score (nSPS) is 30.9. The highest BCUT2D eigenvalue weighted by molar-refractivity contribution is 4.93. The fraction of sp³-hybridized carbons (Fsp3) is 1.00. The third-order valence-electron chi connectivity index (χ3n) is 4.34. The summed E-state index contributed by atoms with van der Waals surface area (Å²) in [5.74, 6) is 0. The molecule has 17 heavy (non-hydrogen) atoms. The van der Waals surface area contributed by atoms with Gasteiger partial charge in [0, 0.05) is 13.0 Å². The Labute approximate surface area is 104 Å². The SMILES string of the molecule is CC1(C)CCC2(CCC(OCCCO)O2)CC1. The highest BCUT2D eigenvalue weighted by Gasteiger charge is 2.44. The quantitative estimate of drug-likeness (QED) is 0.770. The second-order valence-electron chi connectivity index (χ2n) is 6.38. The standard InChI is InChI=1S/C14H26O3/c1-13(2)6-8-14(9-7-13)5-4-12(17-14)16-11-3-10-15/h12,15H,3-11H2,1-2H3. The van der Waals surface area contributed by atoms with Gasteiger partial charge in [-0.05, 0) is 43.9 Å². The predicted octanol–water partition coefficient (Wildman–Crippen LogP) is 2.86. The van der Waals surface area contributed by atoms with Crippen molar-refractivity contribution >= 4 is 0 Å². The summed E-state index contributed by atoms with van der Waals surface area (Å²) in [5.41, 5.74) is 0.601. The Morgan fingerprint density at radius 3 is 2.53 bits per heavy atom. The van der Waals surface area contributed by atoms with Gasteiger partial charge in [-0.2, -0.15) is 0 Å². The Balaban J connectivity index is 1.77. The molecule has 1 atom stereocenters. The van der Waals surface area contributed by atoms with E-state index in [1.54, 1.807) is 0 Å². The zero-order valence-corrected chi connectivity index (χ0v) is 11.2. The molecule has 1 spiro atoms. The zero-order valence-electron chi connectivity index (χ0n) is 11.2. The predicted molar refractivity (Wildman–Crippen MR) is 66.7 cm³/mol. The first kappa shape index (κ1) is 13.3. The van der Waals surface area contributed by atoms with Crippen LogP contribution < -0.4 is 0 Å². The first-order valence-electron chi connectivity index (χ1n) is 6.96. The zero-order chi connectivity index (χ0) is 12.4. The van der Waals surface area contributed by atoms with Crippen LogP contribution in [0.3, 0.4) is 0 Å². The molecular weight excluding hydrogens is 216 g/mol. The van der Waals surface area contributed by atoms with E-state index in [0.29, 0.717) is 18.4 Å². The summed E-state index contributed by atoms with van der Waals surface area (Å²) in [6.07, 6.45) is 7.73. The fourth-order valence-corrected chi connectivity index (χ4v) is 2.92. The minimum absolute atomic E-state index is 0.0252. The third-order valence-corrected chi connectivity index (χ3v) is 4.34. The van der Waals surface area contributed by atoms with Crippen LogP contribution in [0, 0.1) is 5.41 Å². The van der Waals surface area contributed by atoms with E-state index in [4.69, 9.17) is 14.6 Å². The van der Waals surface area contributed by atoms with Crippen LogP contribution in [0.5, 0.6) is 0 Å². The maximum atomic E-state index is 8.72. The van der Waals surface area contributed by atoms with Gasteiger partial charge in [0.2, 0.25) is 0 Å². The lowest BCUT2D eigenvalue weighted by molar-refractivity contribution is -0.183. The van der Waals surface area contributed by atoms with Crippen LogP contribution in [-0.4, -0.2) is 30.2 Å². The summed E-state index contributed by atoms with van der Waals surface area (Å²) in [6.45, 7) is 5.52. The second kappa shape index (κ2) is 5.25. The van der Waals surface area contributed by atoms with E-state index in [1.165, 1.54) is 25.7 Å². The van der Waals surface area contributed by atoms with Crippen molar-refractivity contribution in [2.45, 2.75) is 70.7 Å². The minimum Gasteiger partial charge on any atom is -0.396 e. The van der Waals surface area contributed by atoms with Crippen molar-refractivity contribution in [2.24, 2.45) is 5.41 Å². The van der Waals surface area contributed by atoms with E-state index >= 15 is 0 Å². The van der Waals surface area contributed by atoms with Crippen LogP contribution in [0.4, 0.5) is 0 Å². The lowest BCUT2D eigenvalue weighted by atomic mass is 9.70. The van der Waals surface area contributed by atoms with Crippen molar-refractivity contribution < 1.29 is 14.6 Å². The molecule has 0 aromatic carbocycles. The van der Waals surface area contributed by atoms with Gasteiger partial charge in [-0.1, -0.05) is 13.8 Å². The first-order valence-corrected chi connectivity index (χ1v) is 6.96. The van der Waals surface area contributed by atoms with Gasteiger partial charge >= 0.3 is 0 Å². The van der Waals surface area contributed by atoms with Crippen LogP contribution in [-0.2, 0) is 9.47 Å². The second-order valence-corrected chi connectivity index (χ2v) is 6.38. The summed E-state index contributed by atoms with van der Waals surface area (Å²) in [5, 5.41) is 8.72. The van der Waals surface area contributed by atoms with Crippen molar-refractivity contribution in [2.75, 3.05) is 13.2 Å². The Kier molecular flexibility index (Phi) is 4.11. The molecule has 0 aromatic heterocycles. The molecule has 1 heterocycles. The van der Waals surface area contributed by atoms with Crippen LogP contribution >= 0.6 is 0 Å². The number of hydrogen-bond donors (Lipinski definition) is 1.